The lowest BCUT2D eigenvalue weighted by atomic mass is 10.1. The summed E-state index contributed by atoms with van der Waals surface area (Å²) in [7, 11) is 0. The number of ether oxygens (including phenoxy) is 1. The largest absolute Gasteiger partial charge is 0.381 e. The van der Waals surface area contributed by atoms with Crippen molar-refractivity contribution in [2.24, 2.45) is 0 Å². The average molecular weight is 561 g/mol. The van der Waals surface area contributed by atoms with Crippen LogP contribution in [0.1, 0.15) is 66.3 Å². The van der Waals surface area contributed by atoms with Crippen LogP contribution in [0.25, 0.3) is 0 Å². The lowest BCUT2D eigenvalue weighted by Crippen LogP contribution is -2.47. The maximum absolute atomic E-state index is 13.1. The molecule has 2 heterocycles. The van der Waals surface area contributed by atoms with Gasteiger partial charge in [-0.05, 0) is 74.2 Å². The van der Waals surface area contributed by atoms with Gasteiger partial charge >= 0.3 is 0 Å². The third kappa shape index (κ3) is 13.0. The minimum atomic E-state index is -0.625. The highest BCUT2D eigenvalue weighted by molar-refractivity contribution is 5.97. The number of nitrogens with one attached hydrogen (secondary N) is 4. The van der Waals surface area contributed by atoms with E-state index in [4.69, 9.17) is 4.74 Å². The smallest absolute Gasteiger partial charge is 0.251 e. The number of amides is 2. The second-order valence-electron chi connectivity index (χ2n) is 9.90. The van der Waals surface area contributed by atoms with Gasteiger partial charge in [-0.3, -0.25) is 19.6 Å². The quantitative estimate of drug-likeness (QED) is 0.156. The topological polar surface area (TPSA) is 117 Å². The third-order valence-corrected chi connectivity index (χ3v) is 6.48. The Hall–Kier alpha value is -3.66. The molecule has 0 saturated carbocycles. The van der Waals surface area contributed by atoms with E-state index in [0.717, 1.165) is 49.2 Å². The Labute approximate surface area is 243 Å². The molecule has 0 aliphatic carbocycles. The predicted octanol–water partition coefficient (Wildman–Crippen LogP) is 3.76. The van der Waals surface area contributed by atoms with Gasteiger partial charge in [0.25, 0.3) is 5.91 Å². The van der Waals surface area contributed by atoms with Crippen molar-refractivity contribution < 1.29 is 14.3 Å². The Morgan fingerprint density at radius 3 is 2.12 bits per heavy atom. The normalized spacial score (nSPS) is 11.6. The number of carbonyl (C=O) groups is 2. The van der Waals surface area contributed by atoms with Gasteiger partial charge in [0.05, 0.1) is 11.4 Å². The van der Waals surface area contributed by atoms with Crippen LogP contribution in [0.4, 0.5) is 0 Å². The van der Waals surface area contributed by atoms with Gasteiger partial charge in [-0.2, -0.15) is 0 Å². The molecule has 0 spiro atoms. The standard InChI is InChI=1S/C32H44N6O3/c1-2-3-21-41-22-9-20-37-32(40)30(12-8-17-33-24-28-10-4-6-18-35-28)38-31(39)27-15-13-26(14-16-27)23-34-25-29-11-5-7-19-36-29/h4-7,10-11,13-16,18-19,30,33-34H,2-3,8-9,12,17,20-25H2,1H3,(H,37,40)(H,38,39). The van der Waals surface area contributed by atoms with E-state index in [9.17, 15) is 9.59 Å². The molecular weight excluding hydrogens is 516 g/mol. The number of benzene rings is 1. The molecule has 0 fully saturated rings. The Bertz CT molecular complexity index is 1130. The molecule has 3 aromatic rings. The van der Waals surface area contributed by atoms with E-state index in [2.05, 4.69) is 38.2 Å². The molecule has 1 atom stereocenters. The summed E-state index contributed by atoms with van der Waals surface area (Å²) >= 11 is 0. The molecule has 2 aromatic heterocycles. The molecule has 9 heteroatoms. The van der Waals surface area contributed by atoms with Gasteiger partial charge in [-0.1, -0.05) is 37.6 Å². The van der Waals surface area contributed by atoms with E-state index in [-0.39, 0.29) is 11.8 Å². The summed E-state index contributed by atoms with van der Waals surface area (Å²) in [5.74, 6) is -0.436. The molecular formula is C32H44N6O3. The van der Waals surface area contributed by atoms with Crippen molar-refractivity contribution in [3.63, 3.8) is 0 Å². The maximum atomic E-state index is 13.1. The number of pyridine rings is 2. The number of hydrogen-bond donors (Lipinski definition) is 4. The zero-order valence-electron chi connectivity index (χ0n) is 24.1. The fourth-order valence-electron chi connectivity index (χ4n) is 4.13. The summed E-state index contributed by atoms with van der Waals surface area (Å²) in [4.78, 5) is 34.7. The summed E-state index contributed by atoms with van der Waals surface area (Å²) in [5.41, 5.74) is 3.52. The van der Waals surface area contributed by atoms with Gasteiger partial charge in [0.1, 0.15) is 6.04 Å². The Morgan fingerprint density at radius 2 is 1.46 bits per heavy atom. The predicted molar refractivity (Wildman–Crippen MR) is 161 cm³/mol. The summed E-state index contributed by atoms with van der Waals surface area (Å²) in [6, 6.07) is 18.5. The summed E-state index contributed by atoms with van der Waals surface area (Å²) in [6.07, 6.45) is 7.67. The highest BCUT2D eigenvalue weighted by atomic mass is 16.5. The van der Waals surface area contributed by atoms with Gasteiger partial charge in [0, 0.05) is 57.3 Å². The molecule has 4 N–H and O–H groups in total. The number of aromatic nitrogens is 2. The molecule has 0 aliphatic rings. The first-order chi connectivity index (χ1) is 20.2. The van der Waals surface area contributed by atoms with Crippen LogP contribution in [0.5, 0.6) is 0 Å². The number of nitrogens with zero attached hydrogens (tertiary/aromatic N) is 2. The van der Waals surface area contributed by atoms with Gasteiger partial charge in [-0.15, -0.1) is 0 Å². The number of rotatable bonds is 20. The van der Waals surface area contributed by atoms with Gasteiger partial charge in [0.15, 0.2) is 0 Å². The molecule has 9 nitrogen and oxygen atoms in total. The molecule has 220 valence electrons. The van der Waals surface area contributed by atoms with E-state index in [1.807, 2.05) is 48.5 Å². The van der Waals surface area contributed by atoms with E-state index >= 15 is 0 Å². The van der Waals surface area contributed by atoms with Gasteiger partial charge in [0.2, 0.25) is 5.91 Å². The van der Waals surface area contributed by atoms with Crippen molar-refractivity contribution >= 4 is 11.8 Å². The molecule has 0 radical (unpaired) electrons. The van der Waals surface area contributed by atoms with Gasteiger partial charge in [-0.25, -0.2) is 0 Å². The summed E-state index contributed by atoms with van der Waals surface area (Å²) in [5, 5.41) is 12.6. The average Bonchev–Trinajstić information content (AvgIpc) is 3.01. The third-order valence-electron chi connectivity index (χ3n) is 6.48. The minimum absolute atomic E-state index is 0.174. The minimum Gasteiger partial charge on any atom is -0.381 e. The Kier molecular flexibility index (Phi) is 15.1. The fourth-order valence-corrected chi connectivity index (χ4v) is 4.13. The second kappa shape index (κ2) is 19.4. The first-order valence-electron chi connectivity index (χ1n) is 14.6. The highest BCUT2D eigenvalue weighted by Crippen LogP contribution is 2.07. The van der Waals surface area contributed by atoms with Crippen LogP contribution < -0.4 is 21.3 Å². The van der Waals surface area contributed by atoms with E-state index in [1.165, 1.54) is 0 Å². The number of carbonyl (C=O) groups excluding carboxylic acids is 2. The van der Waals surface area contributed by atoms with Crippen molar-refractivity contribution in [1.82, 2.24) is 31.2 Å². The van der Waals surface area contributed by atoms with E-state index < -0.39 is 6.04 Å². The molecule has 0 aliphatic heterocycles. The zero-order chi connectivity index (χ0) is 29.0. The maximum Gasteiger partial charge on any atom is 0.251 e. The van der Waals surface area contributed by atoms with E-state index in [1.54, 1.807) is 24.5 Å². The molecule has 2 amide bonds. The van der Waals surface area contributed by atoms with Crippen LogP contribution in [-0.4, -0.2) is 54.1 Å². The highest BCUT2D eigenvalue weighted by Gasteiger charge is 2.21. The van der Waals surface area contributed by atoms with Gasteiger partial charge < -0.3 is 26.0 Å². The van der Waals surface area contributed by atoms with Crippen molar-refractivity contribution in [3.05, 3.63) is 95.6 Å². The van der Waals surface area contributed by atoms with Crippen molar-refractivity contribution in [1.29, 1.82) is 0 Å². The fraction of sp³-hybridized carbons (Fsp3) is 0.438. The SMILES string of the molecule is CCCCOCCCNC(=O)C(CCCNCc1ccccn1)NC(=O)c1ccc(CNCc2ccccn2)cc1. The van der Waals surface area contributed by atoms with Crippen LogP contribution in [-0.2, 0) is 29.2 Å². The Morgan fingerprint density at radius 1 is 0.780 bits per heavy atom. The van der Waals surface area contributed by atoms with Crippen LogP contribution in [0.2, 0.25) is 0 Å². The van der Waals surface area contributed by atoms with Crippen LogP contribution >= 0.6 is 0 Å². The zero-order valence-corrected chi connectivity index (χ0v) is 24.1. The van der Waals surface area contributed by atoms with E-state index in [0.29, 0.717) is 51.3 Å². The monoisotopic (exact) mass is 560 g/mol. The number of unbranched alkanes of at least 4 members (excludes halogenated alkanes) is 1. The number of hydrogen-bond acceptors (Lipinski definition) is 7. The lowest BCUT2D eigenvalue weighted by Gasteiger charge is -2.19. The molecule has 1 aromatic carbocycles. The molecule has 3 rings (SSSR count). The second-order valence-corrected chi connectivity index (χ2v) is 9.90. The molecule has 0 saturated heterocycles. The van der Waals surface area contributed by atoms with Crippen LogP contribution in [0, 0.1) is 0 Å². The molecule has 41 heavy (non-hydrogen) atoms. The lowest BCUT2D eigenvalue weighted by molar-refractivity contribution is -0.123. The van der Waals surface area contributed by atoms with Crippen LogP contribution in [0.15, 0.2) is 73.1 Å². The van der Waals surface area contributed by atoms with Crippen LogP contribution in [0.3, 0.4) is 0 Å². The Balaban J connectivity index is 1.46. The summed E-state index contributed by atoms with van der Waals surface area (Å²) < 4.78 is 5.58. The van der Waals surface area contributed by atoms with Crippen molar-refractivity contribution in [3.8, 4) is 0 Å². The molecule has 0 bridgehead atoms. The molecule has 1 unspecified atom stereocenters. The van der Waals surface area contributed by atoms with Crippen molar-refractivity contribution in [2.45, 2.75) is 64.7 Å². The first kappa shape index (κ1) is 31.9. The first-order valence-corrected chi connectivity index (χ1v) is 14.6. The summed E-state index contributed by atoms with van der Waals surface area (Å²) in [6.45, 7) is 6.69. The van der Waals surface area contributed by atoms with Crippen molar-refractivity contribution in [2.75, 3.05) is 26.3 Å².